The summed E-state index contributed by atoms with van der Waals surface area (Å²) in [4.78, 5) is 10.2. The van der Waals surface area contributed by atoms with Crippen LogP contribution in [-0.4, -0.2) is 11.1 Å². The fourth-order valence-corrected chi connectivity index (χ4v) is 1.10. The van der Waals surface area contributed by atoms with Gasteiger partial charge in [-0.2, -0.15) is 0 Å². The second-order valence-corrected chi connectivity index (χ2v) is 3.03. The summed E-state index contributed by atoms with van der Waals surface area (Å²) in [6, 6.07) is 7.96. The van der Waals surface area contributed by atoms with Gasteiger partial charge in [0.1, 0.15) is 6.42 Å². The zero-order valence-corrected chi connectivity index (χ0v) is 8.08. The molecule has 0 heterocycles. The standard InChI is InChI=1S/C12H12O2/c1-10-6-2-3-7-11(10)8-4-5-9-12(13)14/h2-3,6-7H,8-9H2,1H3,(H,13,14). The van der Waals surface area contributed by atoms with Gasteiger partial charge < -0.3 is 5.11 Å². The Morgan fingerprint density at radius 1 is 1.36 bits per heavy atom. The first kappa shape index (κ1) is 10.3. The smallest absolute Gasteiger partial charge is 0.315 e. The normalized spacial score (nSPS) is 8.93. The largest absolute Gasteiger partial charge is 0.481 e. The van der Waals surface area contributed by atoms with Crippen molar-refractivity contribution in [1.82, 2.24) is 0 Å². The van der Waals surface area contributed by atoms with Gasteiger partial charge in [-0.15, -0.1) is 0 Å². The number of carbonyl (C=O) groups is 1. The Balaban J connectivity index is 2.56. The van der Waals surface area contributed by atoms with Crippen LogP contribution in [0.5, 0.6) is 0 Å². The quantitative estimate of drug-likeness (QED) is 0.721. The van der Waals surface area contributed by atoms with E-state index in [-0.39, 0.29) is 6.42 Å². The first-order valence-electron chi connectivity index (χ1n) is 4.42. The minimum Gasteiger partial charge on any atom is -0.481 e. The van der Waals surface area contributed by atoms with Crippen molar-refractivity contribution in [3.63, 3.8) is 0 Å². The van der Waals surface area contributed by atoms with Crippen molar-refractivity contribution in [3.8, 4) is 11.8 Å². The fraction of sp³-hybridized carbons (Fsp3) is 0.250. The molecule has 1 aromatic carbocycles. The highest BCUT2D eigenvalue weighted by atomic mass is 16.4. The molecule has 0 aliphatic carbocycles. The molecule has 0 saturated carbocycles. The third-order valence-corrected chi connectivity index (χ3v) is 1.90. The molecule has 1 rings (SSSR count). The van der Waals surface area contributed by atoms with Crippen LogP contribution in [0.1, 0.15) is 17.5 Å². The molecule has 2 nitrogen and oxygen atoms in total. The number of aryl methyl sites for hydroxylation is 1. The van der Waals surface area contributed by atoms with E-state index in [0.717, 1.165) is 5.56 Å². The molecule has 0 aromatic heterocycles. The lowest BCUT2D eigenvalue weighted by molar-refractivity contribution is -0.135. The molecule has 0 fully saturated rings. The maximum absolute atomic E-state index is 10.2. The molecule has 0 spiro atoms. The predicted molar refractivity (Wildman–Crippen MR) is 54.9 cm³/mol. The van der Waals surface area contributed by atoms with Crippen molar-refractivity contribution in [2.24, 2.45) is 0 Å². The van der Waals surface area contributed by atoms with E-state index in [1.54, 1.807) is 0 Å². The third kappa shape index (κ3) is 3.32. The van der Waals surface area contributed by atoms with E-state index < -0.39 is 5.97 Å². The summed E-state index contributed by atoms with van der Waals surface area (Å²) in [6.45, 7) is 2.02. The molecule has 14 heavy (non-hydrogen) atoms. The molecular formula is C12H12O2. The Kier molecular flexibility index (Phi) is 3.75. The summed E-state index contributed by atoms with van der Waals surface area (Å²) in [5.41, 5.74) is 2.35. The maximum atomic E-state index is 10.2. The fourth-order valence-electron chi connectivity index (χ4n) is 1.10. The molecule has 0 atom stereocenters. The number of aliphatic carboxylic acids is 1. The molecule has 0 unspecified atom stereocenters. The van der Waals surface area contributed by atoms with E-state index in [1.165, 1.54) is 5.56 Å². The maximum Gasteiger partial charge on any atom is 0.315 e. The molecule has 0 radical (unpaired) electrons. The average molecular weight is 188 g/mol. The predicted octanol–water partition coefficient (Wildman–Crippen LogP) is 2.02. The van der Waals surface area contributed by atoms with Gasteiger partial charge in [-0.3, -0.25) is 4.79 Å². The lowest BCUT2D eigenvalue weighted by atomic mass is 10.1. The summed E-state index contributed by atoms with van der Waals surface area (Å²) >= 11 is 0. The highest BCUT2D eigenvalue weighted by Crippen LogP contribution is 2.06. The van der Waals surface area contributed by atoms with Crippen LogP contribution in [0.25, 0.3) is 0 Å². The number of hydrogen-bond donors (Lipinski definition) is 1. The first-order valence-corrected chi connectivity index (χ1v) is 4.42. The lowest BCUT2D eigenvalue weighted by Crippen LogP contribution is -1.91. The molecule has 0 amide bonds. The van der Waals surface area contributed by atoms with E-state index in [1.807, 2.05) is 31.2 Å². The highest BCUT2D eigenvalue weighted by Gasteiger charge is 1.93. The number of benzene rings is 1. The van der Waals surface area contributed by atoms with Crippen LogP contribution in [0.3, 0.4) is 0 Å². The van der Waals surface area contributed by atoms with Crippen LogP contribution in [0.4, 0.5) is 0 Å². The molecule has 0 saturated heterocycles. The van der Waals surface area contributed by atoms with Crippen molar-refractivity contribution < 1.29 is 9.90 Å². The van der Waals surface area contributed by atoms with Crippen LogP contribution in [0.15, 0.2) is 24.3 Å². The SMILES string of the molecule is Cc1ccccc1CC#CCC(=O)O. The molecule has 0 bridgehead atoms. The van der Waals surface area contributed by atoms with Gasteiger partial charge in [-0.05, 0) is 18.1 Å². The summed E-state index contributed by atoms with van der Waals surface area (Å²) < 4.78 is 0. The van der Waals surface area contributed by atoms with Crippen molar-refractivity contribution in [1.29, 1.82) is 0 Å². The third-order valence-electron chi connectivity index (χ3n) is 1.90. The Bertz CT molecular complexity index is 383. The summed E-state index contributed by atoms with van der Waals surface area (Å²) in [5, 5.41) is 8.36. The summed E-state index contributed by atoms with van der Waals surface area (Å²) in [5.74, 6) is 4.58. The molecule has 1 aromatic rings. The van der Waals surface area contributed by atoms with E-state index in [2.05, 4.69) is 11.8 Å². The second-order valence-electron chi connectivity index (χ2n) is 3.03. The van der Waals surface area contributed by atoms with Crippen LogP contribution >= 0.6 is 0 Å². The number of rotatable bonds is 2. The van der Waals surface area contributed by atoms with Gasteiger partial charge in [0.05, 0.1) is 0 Å². The zero-order valence-electron chi connectivity index (χ0n) is 8.08. The zero-order chi connectivity index (χ0) is 10.4. The first-order chi connectivity index (χ1) is 6.70. The Hall–Kier alpha value is -1.75. The molecule has 2 heteroatoms. The van der Waals surface area contributed by atoms with Gasteiger partial charge in [0.25, 0.3) is 0 Å². The van der Waals surface area contributed by atoms with Crippen molar-refractivity contribution in [2.75, 3.05) is 0 Å². The van der Waals surface area contributed by atoms with Crippen LogP contribution < -0.4 is 0 Å². The highest BCUT2D eigenvalue weighted by molar-refractivity contribution is 5.69. The van der Waals surface area contributed by atoms with Crippen molar-refractivity contribution in [2.45, 2.75) is 19.8 Å². The Morgan fingerprint density at radius 2 is 2.07 bits per heavy atom. The van der Waals surface area contributed by atoms with Gasteiger partial charge in [-0.25, -0.2) is 0 Å². The number of carboxylic acid groups (broad SMARTS) is 1. The summed E-state index contributed by atoms with van der Waals surface area (Å²) in [7, 11) is 0. The second kappa shape index (κ2) is 5.08. The Morgan fingerprint density at radius 3 is 2.71 bits per heavy atom. The van der Waals surface area contributed by atoms with Gasteiger partial charge in [0.2, 0.25) is 0 Å². The monoisotopic (exact) mass is 188 g/mol. The Labute approximate surface area is 83.6 Å². The average Bonchev–Trinajstić information content (AvgIpc) is 2.15. The van der Waals surface area contributed by atoms with E-state index >= 15 is 0 Å². The van der Waals surface area contributed by atoms with Gasteiger partial charge in [0.15, 0.2) is 0 Å². The minimum atomic E-state index is -0.873. The molecule has 0 aliphatic rings. The van der Waals surface area contributed by atoms with Gasteiger partial charge in [-0.1, -0.05) is 36.1 Å². The summed E-state index contributed by atoms with van der Waals surface area (Å²) in [6.07, 6.45) is 0.547. The van der Waals surface area contributed by atoms with Crippen molar-refractivity contribution in [3.05, 3.63) is 35.4 Å². The van der Waals surface area contributed by atoms with Crippen molar-refractivity contribution >= 4 is 5.97 Å². The number of hydrogen-bond acceptors (Lipinski definition) is 1. The molecule has 72 valence electrons. The van der Waals surface area contributed by atoms with E-state index in [4.69, 9.17) is 5.11 Å². The number of carboxylic acids is 1. The molecule has 1 N–H and O–H groups in total. The molecular weight excluding hydrogens is 176 g/mol. The molecule has 0 aliphatic heterocycles. The van der Waals surface area contributed by atoms with Crippen LogP contribution in [-0.2, 0) is 11.2 Å². The minimum absolute atomic E-state index is 0.0775. The van der Waals surface area contributed by atoms with Crippen LogP contribution in [0, 0.1) is 18.8 Å². The van der Waals surface area contributed by atoms with Crippen LogP contribution in [0.2, 0.25) is 0 Å². The topological polar surface area (TPSA) is 37.3 Å². The van der Waals surface area contributed by atoms with E-state index in [9.17, 15) is 4.79 Å². The van der Waals surface area contributed by atoms with Gasteiger partial charge >= 0.3 is 5.97 Å². The van der Waals surface area contributed by atoms with E-state index in [0.29, 0.717) is 6.42 Å². The lowest BCUT2D eigenvalue weighted by Gasteiger charge is -1.98. The van der Waals surface area contributed by atoms with Gasteiger partial charge in [0, 0.05) is 6.42 Å².